The molecule has 3 rings (SSSR count). The van der Waals surface area contributed by atoms with Crippen molar-refractivity contribution in [2.75, 3.05) is 5.75 Å². The minimum atomic E-state index is -0.230. The van der Waals surface area contributed by atoms with Crippen LogP contribution in [0.4, 0.5) is 0 Å². The van der Waals surface area contributed by atoms with Crippen LogP contribution in [0.15, 0.2) is 58.8 Å². The molecule has 0 saturated heterocycles. The normalized spacial score (nSPS) is 11.7. The van der Waals surface area contributed by atoms with Gasteiger partial charge in [0.15, 0.2) is 5.16 Å². The van der Waals surface area contributed by atoms with Gasteiger partial charge < -0.3 is 9.67 Å². The minimum absolute atomic E-state index is 0.132. The average molecular weight is 354 g/mol. The smallest absolute Gasteiger partial charge is 0.250 e. The Balaban J connectivity index is 1.62. The van der Waals surface area contributed by atoms with Crippen molar-refractivity contribution in [3.05, 3.63) is 54.1 Å². The first-order valence-electron chi connectivity index (χ1n) is 7.72. The van der Waals surface area contributed by atoms with Crippen molar-refractivity contribution in [3.63, 3.8) is 0 Å². The molecule has 2 aromatic carbocycles. The lowest BCUT2D eigenvalue weighted by atomic mass is 10.1. The van der Waals surface area contributed by atoms with Gasteiger partial charge in [0.25, 0.3) is 5.91 Å². The number of carbonyl (C=O) groups is 1. The fraction of sp³-hybridized carbons (Fsp3) is 0.167. The molecule has 3 aromatic rings. The van der Waals surface area contributed by atoms with Crippen LogP contribution in [0.5, 0.6) is 5.75 Å². The van der Waals surface area contributed by atoms with Gasteiger partial charge in [0.2, 0.25) is 0 Å². The van der Waals surface area contributed by atoms with Crippen molar-refractivity contribution in [2.45, 2.75) is 12.1 Å². The van der Waals surface area contributed by atoms with Gasteiger partial charge in [-0.05, 0) is 31.2 Å². The summed E-state index contributed by atoms with van der Waals surface area (Å²) in [7, 11) is 1.93. The lowest BCUT2D eigenvalue weighted by Crippen LogP contribution is -2.21. The Morgan fingerprint density at radius 3 is 2.72 bits per heavy atom. The number of rotatable bonds is 5. The predicted molar refractivity (Wildman–Crippen MR) is 99.9 cm³/mol. The minimum Gasteiger partial charge on any atom is -0.507 e. The fourth-order valence-electron chi connectivity index (χ4n) is 2.40. The molecular weight excluding hydrogens is 336 g/mol. The molecule has 2 N–H and O–H groups in total. The summed E-state index contributed by atoms with van der Waals surface area (Å²) in [6.07, 6.45) is 0. The number of aromatic hydroxyl groups is 1. The summed E-state index contributed by atoms with van der Waals surface area (Å²) in [4.78, 5) is 16.5. The van der Waals surface area contributed by atoms with Crippen LogP contribution in [-0.2, 0) is 11.8 Å². The molecule has 0 bridgehead atoms. The molecule has 0 unspecified atom stereocenters. The number of thioether (sulfide) groups is 1. The monoisotopic (exact) mass is 354 g/mol. The summed E-state index contributed by atoms with van der Waals surface area (Å²) in [6.45, 7) is 1.73. The number of aryl methyl sites for hydroxylation is 1. The first-order valence-corrected chi connectivity index (χ1v) is 8.70. The van der Waals surface area contributed by atoms with E-state index in [1.807, 2.05) is 35.9 Å². The summed E-state index contributed by atoms with van der Waals surface area (Å²) in [5.74, 6) is 0.105. The standard InChI is InChI=1S/C18H18N4O2S/c1-12(13-7-3-6-10-16(13)23)20-21-17(24)11-25-18-19-14-8-4-5-9-15(14)22(18)2/h3-10,23H,11H2,1-2H3,(H,21,24)/b20-12-. The zero-order valence-corrected chi connectivity index (χ0v) is 14.7. The number of amides is 1. The lowest BCUT2D eigenvalue weighted by molar-refractivity contribution is -0.118. The summed E-state index contributed by atoms with van der Waals surface area (Å²) in [5.41, 5.74) is 5.57. The highest BCUT2D eigenvalue weighted by molar-refractivity contribution is 7.99. The number of carbonyl (C=O) groups excluding carboxylic acids is 1. The number of phenols is 1. The van der Waals surface area contributed by atoms with E-state index in [0.717, 1.165) is 16.2 Å². The molecular formula is C18H18N4O2S. The lowest BCUT2D eigenvalue weighted by Gasteiger charge is -2.05. The van der Waals surface area contributed by atoms with Crippen LogP contribution in [0.2, 0.25) is 0 Å². The van der Waals surface area contributed by atoms with Crippen molar-refractivity contribution < 1.29 is 9.90 Å². The molecule has 128 valence electrons. The number of aromatic nitrogens is 2. The Morgan fingerprint density at radius 2 is 1.96 bits per heavy atom. The van der Waals surface area contributed by atoms with Gasteiger partial charge in [-0.3, -0.25) is 4.79 Å². The van der Waals surface area contributed by atoms with Crippen LogP contribution < -0.4 is 5.43 Å². The van der Waals surface area contributed by atoms with Crippen LogP contribution in [0.25, 0.3) is 11.0 Å². The molecule has 25 heavy (non-hydrogen) atoms. The van der Waals surface area contributed by atoms with E-state index in [0.29, 0.717) is 11.3 Å². The first-order chi connectivity index (χ1) is 12.1. The van der Waals surface area contributed by atoms with Crippen molar-refractivity contribution >= 4 is 34.4 Å². The van der Waals surface area contributed by atoms with Gasteiger partial charge in [0.1, 0.15) is 5.75 Å². The third-order valence-corrected chi connectivity index (χ3v) is 4.75. The third kappa shape index (κ3) is 3.83. The molecule has 1 amide bonds. The molecule has 0 aliphatic carbocycles. The Labute approximate surface area is 149 Å². The quantitative estimate of drug-likeness (QED) is 0.419. The largest absolute Gasteiger partial charge is 0.507 e. The summed E-state index contributed by atoms with van der Waals surface area (Å²) in [5, 5.41) is 14.6. The van der Waals surface area contributed by atoms with E-state index < -0.39 is 0 Å². The number of nitrogens with zero attached hydrogens (tertiary/aromatic N) is 3. The molecule has 0 spiro atoms. The van der Waals surface area contributed by atoms with Gasteiger partial charge in [0.05, 0.1) is 22.5 Å². The third-order valence-electron chi connectivity index (χ3n) is 3.72. The fourth-order valence-corrected chi connectivity index (χ4v) is 3.18. The van der Waals surface area contributed by atoms with E-state index in [-0.39, 0.29) is 17.4 Å². The summed E-state index contributed by atoms with van der Waals surface area (Å²) in [6, 6.07) is 14.7. The number of fused-ring (bicyclic) bond motifs is 1. The van der Waals surface area contributed by atoms with Crippen LogP contribution in [0.3, 0.4) is 0 Å². The molecule has 0 aliphatic heterocycles. The maximum absolute atomic E-state index is 12.0. The second kappa shape index (κ2) is 7.40. The molecule has 0 saturated carbocycles. The van der Waals surface area contributed by atoms with E-state index in [1.165, 1.54) is 11.8 Å². The Hall–Kier alpha value is -2.80. The molecule has 0 aliphatic rings. The molecule has 0 fully saturated rings. The van der Waals surface area contributed by atoms with E-state index in [1.54, 1.807) is 31.2 Å². The molecule has 7 heteroatoms. The van der Waals surface area contributed by atoms with E-state index in [9.17, 15) is 9.90 Å². The molecule has 1 heterocycles. The second-order valence-electron chi connectivity index (χ2n) is 5.48. The highest BCUT2D eigenvalue weighted by Gasteiger charge is 2.10. The number of hydrogen-bond donors (Lipinski definition) is 2. The van der Waals surface area contributed by atoms with Gasteiger partial charge in [0, 0.05) is 12.6 Å². The molecule has 0 radical (unpaired) electrons. The Morgan fingerprint density at radius 1 is 1.24 bits per heavy atom. The first kappa shape index (κ1) is 17.0. The molecule has 6 nitrogen and oxygen atoms in total. The van der Waals surface area contributed by atoms with Crippen LogP contribution >= 0.6 is 11.8 Å². The Kier molecular flexibility index (Phi) is 5.04. The maximum Gasteiger partial charge on any atom is 0.250 e. The van der Waals surface area contributed by atoms with Crippen molar-refractivity contribution in [3.8, 4) is 5.75 Å². The van der Waals surface area contributed by atoms with E-state index >= 15 is 0 Å². The Bertz CT molecular complexity index is 949. The van der Waals surface area contributed by atoms with Gasteiger partial charge in [-0.25, -0.2) is 10.4 Å². The van der Waals surface area contributed by atoms with E-state index in [2.05, 4.69) is 15.5 Å². The molecule has 1 aromatic heterocycles. The van der Waals surface area contributed by atoms with E-state index in [4.69, 9.17) is 0 Å². The second-order valence-corrected chi connectivity index (χ2v) is 6.42. The van der Waals surface area contributed by atoms with Crippen molar-refractivity contribution in [2.24, 2.45) is 12.1 Å². The number of para-hydroxylation sites is 3. The average Bonchev–Trinajstić information content (AvgIpc) is 2.94. The van der Waals surface area contributed by atoms with Crippen molar-refractivity contribution in [1.82, 2.24) is 15.0 Å². The number of benzene rings is 2. The van der Waals surface area contributed by atoms with Crippen LogP contribution in [0.1, 0.15) is 12.5 Å². The van der Waals surface area contributed by atoms with Gasteiger partial charge in [-0.2, -0.15) is 5.10 Å². The van der Waals surface area contributed by atoms with Crippen LogP contribution in [-0.4, -0.2) is 32.0 Å². The highest BCUT2D eigenvalue weighted by Crippen LogP contribution is 2.22. The van der Waals surface area contributed by atoms with Crippen molar-refractivity contribution in [1.29, 1.82) is 0 Å². The number of nitrogens with one attached hydrogen (secondary N) is 1. The van der Waals surface area contributed by atoms with Gasteiger partial charge >= 0.3 is 0 Å². The van der Waals surface area contributed by atoms with Gasteiger partial charge in [-0.15, -0.1) is 0 Å². The number of hydrogen-bond acceptors (Lipinski definition) is 5. The topological polar surface area (TPSA) is 79.5 Å². The zero-order chi connectivity index (χ0) is 17.8. The SMILES string of the molecule is C/C(=N/NC(=O)CSc1nc2ccccc2n1C)c1ccccc1O. The number of hydrazone groups is 1. The number of phenolic OH excluding ortho intramolecular Hbond substituents is 1. The maximum atomic E-state index is 12.0. The molecule has 0 atom stereocenters. The number of imidazole rings is 1. The predicted octanol–water partition coefficient (Wildman–Crippen LogP) is 2.91. The zero-order valence-electron chi connectivity index (χ0n) is 13.9. The summed E-state index contributed by atoms with van der Waals surface area (Å²) < 4.78 is 1.96. The summed E-state index contributed by atoms with van der Waals surface area (Å²) >= 11 is 1.35. The van der Waals surface area contributed by atoms with Crippen LogP contribution in [0, 0.1) is 0 Å². The highest BCUT2D eigenvalue weighted by atomic mass is 32.2. The van der Waals surface area contributed by atoms with Gasteiger partial charge in [-0.1, -0.05) is 36.0 Å².